The van der Waals surface area contributed by atoms with Crippen LogP contribution >= 0.6 is 0 Å². The monoisotopic (exact) mass is 270 g/mol. The maximum atomic E-state index is 12.2. The van der Waals surface area contributed by atoms with Gasteiger partial charge in [-0.3, -0.25) is 4.79 Å². The van der Waals surface area contributed by atoms with E-state index in [0.29, 0.717) is 6.61 Å². The number of carbonyl (C=O) groups excluding carboxylic acids is 1. The van der Waals surface area contributed by atoms with Crippen LogP contribution in [0, 0.1) is 0 Å². The number of carbonyl (C=O) groups is 1. The number of amides is 1. The van der Waals surface area contributed by atoms with Crippen molar-refractivity contribution < 1.29 is 14.3 Å². The zero-order valence-corrected chi connectivity index (χ0v) is 11.8. The molecule has 0 aromatic rings. The predicted molar refractivity (Wildman–Crippen MR) is 72.8 cm³/mol. The first-order valence-corrected chi connectivity index (χ1v) is 7.44. The molecule has 2 heterocycles. The van der Waals surface area contributed by atoms with Crippen LogP contribution in [-0.4, -0.2) is 55.4 Å². The molecule has 2 saturated heterocycles. The third kappa shape index (κ3) is 4.44. The van der Waals surface area contributed by atoms with Crippen LogP contribution in [0.5, 0.6) is 0 Å². The molecule has 0 saturated carbocycles. The van der Waals surface area contributed by atoms with E-state index in [-0.39, 0.29) is 24.2 Å². The van der Waals surface area contributed by atoms with Crippen molar-refractivity contribution in [3.05, 3.63) is 0 Å². The molecule has 2 N–H and O–H groups in total. The summed E-state index contributed by atoms with van der Waals surface area (Å²) >= 11 is 0. The average molecular weight is 270 g/mol. The Hall–Kier alpha value is -0.650. The molecule has 5 heteroatoms. The highest BCUT2D eigenvalue weighted by Crippen LogP contribution is 2.15. The normalized spacial score (nSPS) is 27.3. The summed E-state index contributed by atoms with van der Waals surface area (Å²) in [5.41, 5.74) is 5.84. The predicted octanol–water partition coefficient (Wildman–Crippen LogP) is 0.910. The first-order valence-electron chi connectivity index (χ1n) is 7.44. The van der Waals surface area contributed by atoms with Crippen molar-refractivity contribution in [2.75, 3.05) is 26.3 Å². The average Bonchev–Trinajstić information content (AvgIpc) is 2.46. The van der Waals surface area contributed by atoms with E-state index in [9.17, 15) is 4.79 Å². The lowest BCUT2D eigenvalue weighted by Crippen LogP contribution is -2.47. The fourth-order valence-corrected chi connectivity index (χ4v) is 2.64. The molecule has 5 nitrogen and oxygen atoms in total. The molecule has 2 unspecified atom stereocenters. The van der Waals surface area contributed by atoms with Crippen LogP contribution in [0.2, 0.25) is 0 Å². The lowest BCUT2D eigenvalue weighted by atomic mass is 10.1. The molecular weight excluding hydrogens is 244 g/mol. The molecule has 0 aromatic carbocycles. The Morgan fingerprint density at radius 1 is 1.37 bits per heavy atom. The lowest BCUT2D eigenvalue weighted by Gasteiger charge is -2.32. The van der Waals surface area contributed by atoms with Crippen molar-refractivity contribution in [3.63, 3.8) is 0 Å². The second kappa shape index (κ2) is 7.22. The van der Waals surface area contributed by atoms with E-state index in [1.807, 2.05) is 11.8 Å². The van der Waals surface area contributed by atoms with Gasteiger partial charge in [0.25, 0.3) is 5.91 Å². The largest absolute Gasteiger partial charge is 0.376 e. The number of ether oxygens (including phenoxy) is 2. The molecule has 0 bridgehead atoms. The molecule has 0 aliphatic carbocycles. The van der Waals surface area contributed by atoms with E-state index < -0.39 is 0 Å². The minimum atomic E-state index is -0.375. The van der Waals surface area contributed by atoms with E-state index in [1.165, 1.54) is 6.42 Å². The van der Waals surface area contributed by atoms with Crippen LogP contribution in [0.1, 0.15) is 39.0 Å². The number of hydrogen-bond acceptors (Lipinski definition) is 4. The summed E-state index contributed by atoms with van der Waals surface area (Å²) in [5.74, 6) is 0.0858. The van der Waals surface area contributed by atoms with Crippen molar-refractivity contribution in [1.29, 1.82) is 0 Å². The maximum Gasteiger partial charge on any atom is 0.251 e. The van der Waals surface area contributed by atoms with E-state index in [0.717, 1.165) is 45.4 Å². The van der Waals surface area contributed by atoms with Gasteiger partial charge in [-0.15, -0.1) is 0 Å². The van der Waals surface area contributed by atoms with Gasteiger partial charge in [0.1, 0.15) is 6.10 Å². The van der Waals surface area contributed by atoms with E-state index in [1.54, 1.807) is 0 Å². The molecule has 0 radical (unpaired) electrons. The highest BCUT2D eigenvalue weighted by Gasteiger charge is 2.26. The van der Waals surface area contributed by atoms with Crippen LogP contribution < -0.4 is 5.73 Å². The molecule has 0 spiro atoms. The Bertz CT molecular complexity index is 284. The van der Waals surface area contributed by atoms with Crippen molar-refractivity contribution in [3.8, 4) is 0 Å². The van der Waals surface area contributed by atoms with Gasteiger partial charge < -0.3 is 20.1 Å². The molecule has 19 heavy (non-hydrogen) atoms. The summed E-state index contributed by atoms with van der Waals surface area (Å²) in [6, 6.07) is 0.246. The molecule has 2 aliphatic rings. The highest BCUT2D eigenvalue weighted by atomic mass is 16.5. The van der Waals surface area contributed by atoms with Crippen LogP contribution in [0.4, 0.5) is 0 Å². The Morgan fingerprint density at radius 3 is 2.74 bits per heavy atom. The van der Waals surface area contributed by atoms with Crippen LogP contribution in [0.3, 0.4) is 0 Å². The molecule has 110 valence electrons. The number of nitrogens with two attached hydrogens (primary N) is 1. The van der Waals surface area contributed by atoms with Gasteiger partial charge in [-0.2, -0.15) is 0 Å². The van der Waals surface area contributed by atoms with E-state index in [4.69, 9.17) is 15.2 Å². The van der Waals surface area contributed by atoms with Gasteiger partial charge in [0.05, 0.1) is 12.7 Å². The van der Waals surface area contributed by atoms with E-state index >= 15 is 0 Å². The molecule has 0 aromatic heterocycles. The summed E-state index contributed by atoms with van der Waals surface area (Å²) < 4.78 is 11.3. The summed E-state index contributed by atoms with van der Waals surface area (Å²) in [5, 5.41) is 0. The zero-order chi connectivity index (χ0) is 13.7. The minimum Gasteiger partial charge on any atom is -0.376 e. The zero-order valence-electron chi connectivity index (χ0n) is 11.8. The van der Waals surface area contributed by atoms with Gasteiger partial charge in [-0.25, -0.2) is 0 Å². The summed E-state index contributed by atoms with van der Waals surface area (Å²) in [6.45, 7) is 4.70. The number of piperidine rings is 1. The van der Waals surface area contributed by atoms with Gasteiger partial charge in [0.2, 0.25) is 0 Å². The molecule has 2 rings (SSSR count). The molecule has 2 atom stereocenters. The van der Waals surface area contributed by atoms with Crippen molar-refractivity contribution in [1.82, 2.24) is 4.90 Å². The summed E-state index contributed by atoms with van der Waals surface area (Å²) in [7, 11) is 0. The second-order valence-corrected chi connectivity index (χ2v) is 5.63. The molecule has 2 fully saturated rings. The number of nitrogens with zero attached hydrogens (tertiary/aromatic N) is 1. The molecule has 1 amide bonds. The number of likely N-dealkylation sites (tertiary alicyclic amines) is 1. The van der Waals surface area contributed by atoms with Gasteiger partial charge in [0, 0.05) is 25.7 Å². The second-order valence-electron chi connectivity index (χ2n) is 5.63. The Labute approximate surface area is 115 Å². The topological polar surface area (TPSA) is 64.8 Å². The van der Waals surface area contributed by atoms with Gasteiger partial charge >= 0.3 is 0 Å². The lowest BCUT2D eigenvalue weighted by molar-refractivity contribution is -0.147. The Morgan fingerprint density at radius 2 is 2.11 bits per heavy atom. The number of hydrogen-bond donors (Lipinski definition) is 1. The maximum absolute atomic E-state index is 12.2. The quantitative estimate of drug-likeness (QED) is 0.824. The van der Waals surface area contributed by atoms with Gasteiger partial charge in [-0.05, 0) is 39.0 Å². The van der Waals surface area contributed by atoms with Gasteiger partial charge in [-0.1, -0.05) is 0 Å². The Kier molecular flexibility index (Phi) is 5.60. The molecule has 2 aliphatic heterocycles. The van der Waals surface area contributed by atoms with Crippen LogP contribution in [0.25, 0.3) is 0 Å². The van der Waals surface area contributed by atoms with Crippen molar-refractivity contribution in [2.45, 2.75) is 57.3 Å². The Balaban J connectivity index is 1.69. The fourth-order valence-electron chi connectivity index (χ4n) is 2.64. The van der Waals surface area contributed by atoms with Gasteiger partial charge in [0.15, 0.2) is 0 Å². The first-order chi connectivity index (χ1) is 9.16. The standard InChI is InChI=1S/C14H26N2O3/c1-11(19-10-13-4-2-3-9-18-13)14(17)16-7-5-12(15)6-8-16/h11-13H,2-10,15H2,1H3. The first kappa shape index (κ1) is 14.8. The fraction of sp³-hybridized carbons (Fsp3) is 0.929. The van der Waals surface area contributed by atoms with E-state index in [2.05, 4.69) is 0 Å². The van der Waals surface area contributed by atoms with Crippen LogP contribution in [-0.2, 0) is 14.3 Å². The SMILES string of the molecule is CC(OCC1CCCCO1)C(=O)N1CCC(N)CC1. The van der Waals surface area contributed by atoms with Crippen LogP contribution in [0.15, 0.2) is 0 Å². The van der Waals surface area contributed by atoms with Crippen molar-refractivity contribution in [2.24, 2.45) is 5.73 Å². The summed E-state index contributed by atoms with van der Waals surface area (Å²) in [6.07, 6.45) is 4.95. The molecular formula is C14H26N2O3. The summed E-state index contributed by atoms with van der Waals surface area (Å²) in [4.78, 5) is 14.1. The third-order valence-corrected chi connectivity index (χ3v) is 4.01. The minimum absolute atomic E-state index is 0.0858. The smallest absolute Gasteiger partial charge is 0.251 e. The highest BCUT2D eigenvalue weighted by molar-refractivity contribution is 5.80. The third-order valence-electron chi connectivity index (χ3n) is 4.01. The number of rotatable bonds is 4. The van der Waals surface area contributed by atoms with Crippen molar-refractivity contribution >= 4 is 5.91 Å².